The normalized spacial score (nSPS) is 20.9. The molecule has 3 rings (SSSR count). The van der Waals surface area contributed by atoms with Crippen LogP contribution in [0.2, 0.25) is 0 Å². The van der Waals surface area contributed by atoms with Crippen LogP contribution in [0.5, 0.6) is 0 Å². The minimum absolute atomic E-state index is 0.109. The van der Waals surface area contributed by atoms with E-state index in [9.17, 15) is 8.42 Å². The molecule has 0 bridgehead atoms. The van der Waals surface area contributed by atoms with Gasteiger partial charge in [0.25, 0.3) is 0 Å². The Morgan fingerprint density at radius 1 is 1.29 bits per heavy atom. The lowest BCUT2D eigenvalue weighted by molar-refractivity contribution is 0.575. The molecule has 21 heavy (non-hydrogen) atoms. The van der Waals surface area contributed by atoms with E-state index in [4.69, 9.17) is 0 Å². The van der Waals surface area contributed by atoms with Crippen molar-refractivity contribution in [1.29, 1.82) is 0 Å². The van der Waals surface area contributed by atoms with Crippen LogP contribution in [0.15, 0.2) is 35.6 Å². The van der Waals surface area contributed by atoms with Crippen molar-refractivity contribution in [3.05, 3.63) is 30.6 Å². The van der Waals surface area contributed by atoms with E-state index in [0.29, 0.717) is 5.75 Å². The molecule has 2 aromatic rings. The van der Waals surface area contributed by atoms with Crippen molar-refractivity contribution in [1.82, 2.24) is 15.3 Å². The van der Waals surface area contributed by atoms with Crippen molar-refractivity contribution >= 4 is 32.5 Å². The number of rotatable bonds is 5. The van der Waals surface area contributed by atoms with Gasteiger partial charge in [0, 0.05) is 23.7 Å². The van der Waals surface area contributed by atoms with Gasteiger partial charge in [0.2, 0.25) is 0 Å². The van der Waals surface area contributed by atoms with E-state index in [0.717, 1.165) is 34.6 Å². The van der Waals surface area contributed by atoms with Crippen LogP contribution in [0.25, 0.3) is 10.9 Å². The second kappa shape index (κ2) is 6.29. The Kier molecular flexibility index (Phi) is 4.42. The molecular weight excluding hydrogens is 306 g/mol. The SMILES string of the molecule is O=S1(=O)CCC(NCCSc2ncnc3ccccc23)C1. The summed E-state index contributed by atoms with van der Waals surface area (Å²) in [5.74, 6) is 1.44. The molecule has 1 fully saturated rings. The monoisotopic (exact) mass is 323 g/mol. The molecule has 0 saturated carbocycles. The van der Waals surface area contributed by atoms with Crippen LogP contribution in [0, 0.1) is 0 Å². The lowest BCUT2D eigenvalue weighted by atomic mass is 10.2. The van der Waals surface area contributed by atoms with Crippen molar-refractivity contribution < 1.29 is 8.42 Å². The van der Waals surface area contributed by atoms with E-state index in [2.05, 4.69) is 15.3 Å². The van der Waals surface area contributed by atoms with E-state index in [1.165, 1.54) is 0 Å². The molecule has 1 aromatic carbocycles. The lowest BCUT2D eigenvalue weighted by Crippen LogP contribution is -2.31. The summed E-state index contributed by atoms with van der Waals surface area (Å²) < 4.78 is 22.8. The second-order valence-electron chi connectivity index (χ2n) is 5.10. The van der Waals surface area contributed by atoms with E-state index in [-0.39, 0.29) is 11.8 Å². The lowest BCUT2D eigenvalue weighted by Gasteiger charge is -2.10. The number of thioether (sulfide) groups is 1. The van der Waals surface area contributed by atoms with Gasteiger partial charge in [-0.25, -0.2) is 18.4 Å². The summed E-state index contributed by atoms with van der Waals surface area (Å²) in [6.45, 7) is 0.781. The second-order valence-corrected chi connectivity index (χ2v) is 8.41. The highest BCUT2D eigenvalue weighted by Gasteiger charge is 2.26. The van der Waals surface area contributed by atoms with Gasteiger partial charge >= 0.3 is 0 Å². The zero-order chi connectivity index (χ0) is 14.7. The highest BCUT2D eigenvalue weighted by Crippen LogP contribution is 2.23. The zero-order valence-corrected chi connectivity index (χ0v) is 13.2. The van der Waals surface area contributed by atoms with Crippen molar-refractivity contribution in [3.8, 4) is 0 Å². The molecule has 0 radical (unpaired) electrons. The topological polar surface area (TPSA) is 72.0 Å². The molecule has 1 atom stereocenters. The first-order valence-electron chi connectivity index (χ1n) is 6.90. The van der Waals surface area contributed by atoms with Crippen LogP contribution >= 0.6 is 11.8 Å². The van der Waals surface area contributed by atoms with Gasteiger partial charge in [-0.1, -0.05) is 18.2 Å². The largest absolute Gasteiger partial charge is 0.312 e. The smallest absolute Gasteiger partial charge is 0.151 e. The van der Waals surface area contributed by atoms with Gasteiger partial charge in [-0.3, -0.25) is 0 Å². The zero-order valence-electron chi connectivity index (χ0n) is 11.5. The van der Waals surface area contributed by atoms with Gasteiger partial charge in [-0.05, 0) is 12.5 Å². The van der Waals surface area contributed by atoms with E-state index in [1.54, 1.807) is 18.1 Å². The molecule has 5 nitrogen and oxygen atoms in total. The molecule has 1 saturated heterocycles. The summed E-state index contributed by atoms with van der Waals surface area (Å²) in [4.78, 5) is 8.57. The van der Waals surface area contributed by atoms with Crippen LogP contribution in [-0.4, -0.2) is 48.2 Å². The summed E-state index contributed by atoms with van der Waals surface area (Å²) in [5, 5.41) is 5.35. The third kappa shape index (κ3) is 3.72. The predicted octanol–water partition coefficient (Wildman–Crippen LogP) is 1.50. The number of benzene rings is 1. The van der Waals surface area contributed by atoms with Gasteiger partial charge in [0.05, 0.1) is 17.0 Å². The van der Waals surface area contributed by atoms with Crippen LogP contribution < -0.4 is 5.32 Å². The molecule has 2 heterocycles. The number of aromatic nitrogens is 2. The summed E-state index contributed by atoms with van der Waals surface area (Å²) in [5.41, 5.74) is 0.949. The number of nitrogens with zero attached hydrogens (tertiary/aromatic N) is 2. The van der Waals surface area contributed by atoms with Crippen LogP contribution in [0.1, 0.15) is 6.42 Å². The fourth-order valence-corrected chi connectivity index (χ4v) is 5.03. The Morgan fingerprint density at radius 2 is 2.14 bits per heavy atom. The average Bonchev–Trinajstić information content (AvgIpc) is 2.83. The van der Waals surface area contributed by atoms with Gasteiger partial charge in [-0.15, -0.1) is 11.8 Å². The Balaban J connectivity index is 1.53. The molecule has 1 aliphatic rings. The summed E-state index contributed by atoms with van der Waals surface area (Å²) in [7, 11) is -2.80. The fraction of sp³-hybridized carbons (Fsp3) is 0.429. The number of fused-ring (bicyclic) bond motifs is 1. The third-order valence-corrected chi connectivity index (χ3v) is 6.29. The Hall–Kier alpha value is -1.18. The van der Waals surface area contributed by atoms with Crippen molar-refractivity contribution in [2.45, 2.75) is 17.5 Å². The van der Waals surface area contributed by atoms with E-state index < -0.39 is 9.84 Å². The van der Waals surface area contributed by atoms with Crippen LogP contribution in [0.4, 0.5) is 0 Å². The van der Waals surface area contributed by atoms with Gasteiger partial charge in [-0.2, -0.15) is 0 Å². The minimum atomic E-state index is -2.80. The molecule has 0 amide bonds. The highest BCUT2D eigenvalue weighted by molar-refractivity contribution is 7.99. The molecule has 1 aliphatic heterocycles. The predicted molar refractivity (Wildman–Crippen MR) is 85.3 cm³/mol. The van der Waals surface area contributed by atoms with Crippen molar-refractivity contribution in [3.63, 3.8) is 0 Å². The van der Waals surface area contributed by atoms with E-state index >= 15 is 0 Å². The highest BCUT2D eigenvalue weighted by atomic mass is 32.2. The van der Waals surface area contributed by atoms with Gasteiger partial charge in [0.15, 0.2) is 9.84 Å². The van der Waals surface area contributed by atoms with Crippen molar-refractivity contribution in [2.24, 2.45) is 0 Å². The van der Waals surface area contributed by atoms with Crippen LogP contribution in [0.3, 0.4) is 0 Å². The Bertz CT molecular complexity index is 729. The average molecular weight is 323 g/mol. The standard InChI is InChI=1S/C14H17N3O2S2/c18-21(19)8-5-11(9-21)15-6-7-20-14-12-3-1-2-4-13(12)16-10-17-14/h1-4,10-11,15H,5-9H2. The molecule has 1 aromatic heterocycles. The van der Waals surface area contributed by atoms with Gasteiger partial charge < -0.3 is 5.32 Å². The quantitative estimate of drug-likeness (QED) is 0.511. The first-order chi connectivity index (χ1) is 10.1. The number of sulfone groups is 1. The molecule has 1 N–H and O–H groups in total. The summed E-state index contributed by atoms with van der Waals surface area (Å²) >= 11 is 1.67. The van der Waals surface area contributed by atoms with Crippen molar-refractivity contribution in [2.75, 3.05) is 23.8 Å². The Morgan fingerprint density at radius 3 is 2.95 bits per heavy atom. The van der Waals surface area contributed by atoms with E-state index in [1.807, 2.05) is 24.3 Å². The Labute approximate surface area is 128 Å². The fourth-order valence-electron chi connectivity index (χ4n) is 2.46. The molecule has 1 unspecified atom stereocenters. The van der Waals surface area contributed by atoms with Gasteiger partial charge in [0.1, 0.15) is 11.4 Å². The third-order valence-electron chi connectivity index (χ3n) is 3.51. The molecule has 0 spiro atoms. The maximum atomic E-state index is 11.4. The summed E-state index contributed by atoms with van der Waals surface area (Å²) in [6, 6.07) is 8.05. The maximum absolute atomic E-state index is 11.4. The minimum Gasteiger partial charge on any atom is -0.312 e. The molecular formula is C14H17N3O2S2. The summed E-state index contributed by atoms with van der Waals surface area (Å²) in [6.07, 6.45) is 2.31. The molecule has 112 valence electrons. The van der Waals surface area contributed by atoms with Crippen LogP contribution in [-0.2, 0) is 9.84 Å². The number of nitrogens with one attached hydrogen (secondary N) is 1. The maximum Gasteiger partial charge on any atom is 0.151 e. The molecule has 0 aliphatic carbocycles. The first-order valence-corrected chi connectivity index (χ1v) is 9.71. The number of para-hydroxylation sites is 1. The number of hydrogen-bond donors (Lipinski definition) is 1. The molecule has 7 heteroatoms. The number of hydrogen-bond acceptors (Lipinski definition) is 6. The first kappa shape index (κ1) is 14.7.